The van der Waals surface area contributed by atoms with E-state index in [9.17, 15) is 18.0 Å². The van der Waals surface area contributed by atoms with Gasteiger partial charge in [0.05, 0.1) is 5.56 Å². The molecule has 116 valence electrons. The van der Waals surface area contributed by atoms with E-state index in [0.29, 0.717) is 0 Å². The summed E-state index contributed by atoms with van der Waals surface area (Å²) in [6.45, 7) is 1.90. The van der Waals surface area contributed by atoms with Crippen LogP contribution in [0.5, 0.6) is 0 Å². The molecule has 5 heteroatoms. The third-order valence-electron chi connectivity index (χ3n) is 3.33. The Morgan fingerprint density at radius 2 is 1.77 bits per heavy atom. The topological polar surface area (TPSA) is 29.1 Å². The summed E-state index contributed by atoms with van der Waals surface area (Å²) in [5.41, 5.74) is 0.392. The van der Waals surface area contributed by atoms with Crippen LogP contribution in [0, 0.1) is 0 Å². The maximum Gasteiger partial charge on any atom is 0.416 e. The molecule has 2 aromatic carbocycles. The van der Waals surface area contributed by atoms with E-state index < -0.39 is 11.7 Å². The zero-order chi connectivity index (χ0) is 16.2. The standard InChI is InChI=1S/C17H16F3NO/c1-12(13-6-3-2-4-7-13)10-16(22)21-15-9-5-8-14(11-15)17(18,19)20/h2-9,11-12H,10H2,1H3,(H,21,22)/t12-/m0/s1. The Morgan fingerprint density at radius 1 is 1.09 bits per heavy atom. The maximum absolute atomic E-state index is 12.6. The normalized spacial score (nSPS) is 12.7. The molecule has 0 aromatic heterocycles. The van der Waals surface area contributed by atoms with Crippen LogP contribution in [0.25, 0.3) is 0 Å². The lowest BCUT2D eigenvalue weighted by atomic mass is 9.97. The second-order valence-corrected chi connectivity index (χ2v) is 5.14. The first-order chi connectivity index (χ1) is 10.4. The van der Waals surface area contributed by atoms with E-state index in [0.717, 1.165) is 17.7 Å². The van der Waals surface area contributed by atoms with Crippen LogP contribution >= 0.6 is 0 Å². The van der Waals surface area contributed by atoms with Crippen LogP contribution in [0.2, 0.25) is 0 Å². The summed E-state index contributed by atoms with van der Waals surface area (Å²) in [5.74, 6) is -0.317. The molecule has 0 radical (unpaired) electrons. The third kappa shape index (κ3) is 4.35. The Morgan fingerprint density at radius 3 is 2.41 bits per heavy atom. The van der Waals surface area contributed by atoms with Crippen molar-refractivity contribution in [1.29, 1.82) is 0 Å². The van der Waals surface area contributed by atoms with E-state index in [1.165, 1.54) is 12.1 Å². The molecule has 2 nitrogen and oxygen atoms in total. The highest BCUT2D eigenvalue weighted by molar-refractivity contribution is 5.91. The van der Waals surface area contributed by atoms with E-state index in [1.807, 2.05) is 37.3 Å². The Kier molecular flexibility index (Phi) is 4.85. The van der Waals surface area contributed by atoms with Crippen molar-refractivity contribution in [3.8, 4) is 0 Å². The van der Waals surface area contributed by atoms with Crippen molar-refractivity contribution in [3.05, 3.63) is 65.7 Å². The van der Waals surface area contributed by atoms with Crippen LogP contribution in [0.3, 0.4) is 0 Å². The highest BCUT2D eigenvalue weighted by Crippen LogP contribution is 2.30. The predicted molar refractivity (Wildman–Crippen MR) is 79.5 cm³/mol. The van der Waals surface area contributed by atoms with Crippen molar-refractivity contribution >= 4 is 11.6 Å². The molecular weight excluding hydrogens is 291 g/mol. The fraction of sp³-hybridized carbons (Fsp3) is 0.235. The monoisotopic (exact) mass is 307 g/mol. The number of carbonyl (C=O) groups excluding carboxylic acids is 1. The maximum atomic E-state index is 12.6. The van der Waals surface area contributed by atoms with Crippen molar-refractivity contribution in [2.24, 2.45) is 0 Å². The molecule has 0 heterocycles. The summed E-state index contributed by atoms with van der Waals surface area (Å²) in [6, 6.07) is 14.1. The second-order valence-electron chi connectivity index (χ2n) is 5.14. The van der Waals surface area contributed by atoms with Gasteiger partial charge in [0.2, 0.25) is 5.91 Å². The van der Waals surface area contributed by atoms with Crippen molar-refractivity contribution in [2.45, 2.75) is 25.4 Å². The summed E-state index contributed by atoms with van der Waals surface area (Å²) < 4.78 is 37.9. The zero-order valence-corrected chi connectivity index (χ0v) is 12.0. The minimum Gasteiger partial charge on any atom is -0.326 e. The molecule has 0 fully saturated rings. The molecule has 1 N–H and O–H groups in total. The first-order valence-corrected chi connectivity index (χ1v) is 6.88. The molecule has 0 saturated carbocycles. The second kappa shape index (κ2) is 6.64. The smallest absolute Gasteiger partial charge is 0.326 e. The fourth-order valence-electron chi connectivity index (χ4n) is 2.16. The van der Waals surface area contributed by atoms with Gasteiger partial charge in [-0.1, -0.05) is 43.3 Å². The Bertz CT molecular complexity index is 638. The average Bonchev–Trinajstić information content (AvgIpc) is 2.47. The Balaban J connectivity index is 2.01. The largest absolute Gasteiger partial charge is 0.416 e. The summed E-state index contributed by atoms with van der Waals surface area (Å²) in [4.78, 5) is 12.0. The van der Waals surface area contributed by atoms with E-state index in [-0.39, 0.29) is 23.9 Å². The van der Waals surface area contributed by atoms with Gasteiger partial charge >= 0.3 is 6.18 Å². The number of benzene rings is 2. The minimum atomic E-state index is -4.42. The van der Waals surface area contributed by atoms with Crippen LogP contribution in [-0.4, -0.2) is 5.91 Å². The molecule has 1 amide bonds. The van der Waals surface area contributed by atoms with E-state index in [4.69, 9.17) is 0 Å². The average molecular weight is 307 g/mol. The van der Waals surface area contributed by atoms with Crippen LogP contribution in [0.1, 0.15) is 30.4 Å². The van der Waals surface area contributed by atoms with Gasteiger partial charge in [-0.2, -0.15) is 13.2 Å². The lowest BCUT2D eigenvalue weighted by Crippen LogP contribution is -2.15. The highest BCUT2D eigenvalue weighted by atomic mass is 19.4. The molecule has 22 heavy (non-hydrogen) atoms. The van der Waals surface area contributed by atoms with Crippen LogP contribution < -0.4 is 5.32 Å². The molecule has 0 aliphatic rings. The molecule has 0 spiro atoms. The Labute approximate surface area is 127 Å². The number of halogens is 3. The first kappa shape index (κ1) is 16.1. The first-order valence-electron chi connectivity index (χ1n) is 6.88. The fourth-order valence-corrected chi connectivity index (χ4v) is 2.16. The van der Waals surface area contributed by atoms with Gasteiger partial charge in [0.15, 0.2) is 0 Å². The van der Waals surface area contributed by atoms with Crippen molar-refractivity contribution in [2.75, 3.05) is 5.32 Å². The quantitative estimate of drug-likeness (QED) is 0.860. The van der Waals surface area contributed by atoms with Gasteiger partial charge in [-0.05, 0) is 29.7 Å². The van der Waals surface area contributed by atoms with Crippen LogP contribution in [0.4, 0.5) is 18.9 Å². The van der Waals surface area contributed by atoms with Crippen molar-refractivity contribution in [3.63, 3.8) is 0 Å². The molecule has 0 saturated heterocycles. The van der Waals surface area contributed by atoms with Gasteiger partial charge in [-0.3, -0.25) is 4.79 Å². The zero-order valence-electron chi connectivity index (χ0n) is 12.0. The lowest BCUT2D eigenvalue weighted by Gasteiger charge is -2.13. The molecule has 2 aromatic rings. The molecule has 1 atom stereocenters. The summed E-state index contributed by atoms with van der Waals surface area (Å²) >= 11 is 0. The SMILES string of the molecule is C[C@@H](CC(=O)Nc1cccc(C(F)(F)F)c1)c1ccccc1. The number of hydrogen-bond donors (Lipinski definition) is 1. The van der Waals surface area contributed by atoms with E-state index in [1.54, 1.807) is 0 Å². The van der Waals surface area contributed by atoms with E-state index in [2.05, 4.69) is 5.32 Å². The molecule has 0 aliphatic heterocycles. The number of carbonyl (C=O) groups is 1. The summed E-state index contributed by atoms with van der Waals surface area (Å²) in [6.07, 6.45) is -4.21. The van der Waals surface area contributed by atoms with Gasteiger partial charge < -0.3 is 5.32 Å². The summed E-state index contributed by atoms with van der Waals surface area (Å²) in [5, 5.41) is 2.52. The lowest BCUT2D eigenvalue weighted by molar-refractivity contribution is -0.137. The molecule has 0 bridgehead atoms. The number of nitrogens with one attached hydrogen (secondary N) is 1. The molecule has 2 rings (SSSR count). The van der Waals surface area contributed by atoms with Crippen LogP contribution in [0.15, 0.2) is 54.6 Å². The highest BCUT2D eigenvalue weighted by Gasteiger charge is 2.30. The van der Waals surface area contributed by atoms with Gasteiger partial charge in [0, 0.05) is 12.1 Å². The van der Waals surface area contributed by atoms with Gasteiger partial charge in [0.25, 0.3) is 0 Å². The number of hydrogen-bond acceptors (Lipinski definition) is 1. The van der Waals surface area contributed by atoms with Crippen molar-refractivity contribution < 1.29 is 18.0 Å². The number of alkyl halides is 3. The van der Waals surface area contributed by atoms with Gasteiger partial charge in [0.1, 0.15) is 0 Å². The van der Waals surface area contributed by atoms with Crippen LogP contribution in [-0.2, 0) is 11.0 Å². The number of amides is 1. The molecule has 0 unspecified atom stereocenters. The van der Waals surface area contributed by atoms with E-state index >= 15 is 0 Å². The number of rotatable bonds is 4. The number of anilines is 1. The van der Waals surface area contributed by atoms with Gasteiger partial charge in [-0.15, -0.1) is 0 Å². The Hall–Kier alpha value is -2.30. The third-order valence-corrected chi connectivity index (χ3v) is 3.33. The predicted octanol–water partition coefficient (Wildman–Crippen LogP) is 4.84. The van der Waals surface area contributed by atoms with Gasteiger partial charge in [-0.25, -0.2) is 0 Å². The molecule has 0 aliphatic carbocycles. The minimum absolute atomic E-state index is 0.00741. The summed E-state index contributed by atoms with van der Waals surface area (Å²) in [7, 11) is 0. The molecular formula is C17H16F3NO. The van der Waals surface area contributed by atoms with Crippen molar-refractivity contribution in [1.82, 2.24) is 0 Å².